The number of fused-ring (bicyclic) bond motifs is 1. The summed E-state index contributed by atoms with van der Waals surface area (Å²) < 4.78 is 0. The highest BCUT2D eigenvalue weighted by Gasteiger charge is 2.16. The van der Waals surface area contributed by atoms with Gasteiger partial charge in [-0.15, -0.1) is 0 Å². The number of hydrogen-bond donors (Lipinski definition) is 3. The molecular formula is C27H29N5. The summed E-state index contributed by atoms with van der Waals surface area (Å²) in [4.78, 5) is 8.99. The number of rotatable bonds is 6. The number of nitrogens with one attached hydrogen (secondary N) is 2. The van der Waals surface area contributed by atoms with Crippen molar-refractivity contribution in [2.75, 3.05) is 16.4 Å². The lowest BCUT2D eigenvalue weighted by molar-refractivity contribution is 0.462. The highest BCUT2D eigenvalue weighted by Crippen LogP contribution is 2.30. The normalized spacial score (nSPS) is 14.4. The number of nitrogen functional groups attached to an aromatic ring is 1. The van der Waals surface area contributed by atoms with Gasteiger partial charge in [-0.25, -0.2) is 4.98 Å². The molecule has 3 aromatic carbocycles. The van der Waals surface area contributed by atoms with E-state index < -0.39 is 0 Å². The average molecular weight is 424 g/mol. The molecule has 1 aliphatic carbocycles. The maximum atomic E-state index is 6.00. The Labute approximate surface area is 189 Å². The van der Waals surface area contributed by atoms with E-state index in [0.29, 0.717) is 12.0 Å². The zero-order chi connectivity index (χ0) is 21.8. The third-order valence-corrected chi connectivity index (χ3v) is 6.22. The van der Waals surface area contributed by atoms with E-state index in [2.05, 4.69) is 69.1 Å². The molecule has 0 atom stereocenters. The highest BCUT2D eigenvalue weighted by molar-refractivity contribution is 5.93. The molecule has 5 nitrogen and oxygen atoms in total. The van der Waals surface area contributed by atoms with Gasteiger partial charge in [0.2, 0.25) is 5.95 Å². The summed E-state index contributed by atoms with van der Waals surface area (Å²) in [6, 6.07) is 25.8. The van der Waals surface area contributed by atoms with Crippen molar-refractivity contribution in [3.05, 3.63) is 78.4 Å². The summed E-state index contributed by atoms with van der Waals surface area (Å²) in [5.41, 5.74) is 11.6. The largest absolute Gasteiger partial charge is 0.381 e. The van der Waals surface area contributed by atoms with E-state index >= 15 is 0 Å². The first kappa shape index (κ1) is 20.3. The third-order valence-electron chi connectivity index (χ3n) is 6.22. The van der Waals surface area contributed by atoms with Gasteiger partial charge in [-0.2, -0.15) is 4.98 Å². The summed E-state index contributed by atoms with van der Waals surface area (Å²) in [6.07, 6.45) is 6.23. The maximum absolute atomic E-state index is 6.00. The van der Waals surface area contributed by atoms with E-state index in [-0.39, 0.29) is 0 Å². The zero-order valence-corrected chi connectivity index (χ0v) is 18.2. The van der Waals surface area contributed by atoms with Crippen molar-refractivity contribution in [3.8, 4) is 11.1 Å². The molecule has 0 radical (unpaired) electrons. The molecule has 0 unspecified atom stereocenters. The third kappa shape index (κ3) is 4.67. The number of nitrogens with zero attached hydrogens (tertiary/aromatic N) is 2. The minimum atomic E-state index is 0.318. The van der Waals surface area contributed by atoms with Crippen LogP contribution in [0, 0.1) is 0 Å². The second-order valence-electron chi connectivity index (χ2n) is 8.56. The van der Waals surface area contributed by atoms with E-state index in [1.54, 1.807) is 0 Å². The lowest BCUT2D eigenvalue weighted by Crippen LogP contribution is -2.23. The first-order valence-corrected chi connectivity index (χ1v) is 11.5. The highest BCUT2D eigenvalue weighted by atomic mass is 15.1. The van der Waals surface area contributed by atoms with Crippen LogP contribution in [0.1, 0.15) is 37.7 Å². The molecule has 1 heterocycles. The Morgan fingerprint density at radius 2 is 1.56 bits per heavy atom. The van der Waals surface area contributed by atoms with E-state index in [9.17, 15) is 0 Å². The second-order valence-corrected chi connectivity index (χ2v) is 8.56. The SMILES string of the molecule is Nc1nc(NC2CCCCC2)c2cc(-c3ccc(CNc4ccccc4)cc3)ccc2n1. The van der Waals surface area contributed by atoms with Crippen molar-refractivity contribution in [2.24, 2.45) is 0 Å². The van der Waals surface area contributed by atoms with E-state index in [1.165, 1.54) is 43.2 Å². The van der Waals surface area contributed by atoms with Crippen molar-refractivity contribution in [2.45, 2.75) is 44.7 Å². The van der Waals surface area contributed by atoms with Crippen LogP contribution in [-0.4, -0.2) is 16.0 Å². The quantitative estimate of drug-likeness (QED) is 0.342. The van der Waals surface area contributed by atoms with Gasteiger partial charge in [0.1, 0.15) is 5.82 Å². The van der Waals surface area contributed by atoms with Crippen LogP contribution in [0.3, 0.4) is 0 Å². The minimum absolute atomic E-state index is 0.318. The predicted molar refractivity (Wildman–Crippen MR) is 134 cm³/mol. The lowest BCUT2D eigenvalue weighted by Gasteiger charge is -2.24. The predicted octanol–water partition coefficient (Wildman–Crippen LogP) is 6.24. The maximum Gasteiger partial charge on any atom is 0.222 e. The molecule has 0 saturated heterocycles. The van der Waals surface area contributed by atoms with Crippen molar-refractivity contribution < 1.29 is 0 Å². The van der Waals surface area contributed by atoms with Gasteiger partial charge in [-0.1, -0.05) is 67.8 Å². The number of anilines is 3. The van der Waals surface area contributed by atoms with Crippen molar-refractivity contribution in [1.82, 2.24) is 9.97 Å². The molecule has 4 N–H and O–H groups in total. The van der Waals surface area contributed by atoms with Gasteiger partial charge < -0.3 is 16.4 Å². The molecular weight excluding hydrogens is 394 g/mol. The van der Waals surface area contributed by atoms with Gasteiger partial charge in [-0.3, -0.25) is 0 Å². The minimum Gasteiger partial charge on any atom is -0.381 e. The number of nitrogens with two attached hydrogens (primary N) is 1. The van der Waals surface area contributed by atoms with Crippen LogP contribution in [0.25, 0.3) is 22.0 Å². The second kappa shape index (κ2) is 9.27. The Morgan fingerprint density at radius 1 is 0.812 bits per heavy atom. The summed E-state index contributed by atoms with van der Waals surface area (Å²) in [6.45, 7) is 0.796. The first-order valence-electron chi connectivity index (χ1n) is 11.5. The standard InChI is InChI=1S/C27H29N5/c28-27-31-25-16-15-21(17-24(25)26(32-27)30-23-9-5-2-6-10-23)20-13-11-19(12-14-20)18-29-22-7-3-1-4-8-22/h1,3-4,7-8,11-17,23,29H,2,5-6,9-10,18H2,(H3,28,30,31,32). The fourth-order valence-electron chi connectivity index (χ4n) is 4.45. The lowest BCUT2D eigenvalue weighted by atomic mass is 9.95. The van der Waals surface area contributed by atoms with Gasteiger partial charge >= 0.3 is 0 Å². The van der Waals surface area contributed by atoms with Crippen LogP contribution in [0.2, 0.25) is 0 Å². The van der Waals surface area contributed by atoms with Gasteiger partial charge in [0.15, 0.2) is 0 Å². The molecule has 0 amide bonds. The van der Waals surface area contributed by atoms with E-state index in [1.807, 2.05) is 24.3 Å². The van der Waals surface area contributed by atoms with Gasteiger partial charge in [0, 0.05) is 23.7 Å². The fraction of sp³-hybridized carbons (Fsp3) is 0.259. The van der Waals surface area contributed by atoms with Crippen molar-refractivity contribution in [1.29, 1.82) is 0 Å². The number of aromatic nitrogens is 2. The molecule has 0 spiro atoms. The summed E-state index contributed by atoms with van der Waals surface area (Å²) in [5, 5.41) is 8.13. The molecule has 4 aromatic rings. The van der Waals surface area contributed by atoms with Crippen LogP contribution in [0.15, 0.2) is 72.8 Å². The summed E-state index contributed by atoms with van der Waals surface area (Å²) in [7, 11) is 0. The van der Waals surface area contributed by atoms with E-state index in [4.69, 9.17) is 5.73 Å². The Balaban J connectivity index is 1.37. The molecule has 1 saturated carbocycles. The topological polar surface area (TPSA) is 75.9 Å². The van der Waals surface area contributed by atoms with Crippen LogP contribution >= 0.6 is 0 Å². The summed E-state index contributed by atoms with van der Waals surface area (Å²) in [5.74, 6) is 1.17. The molecule has 32 heavy (non-hydrogen) atoms. The molecule has 1 fully saturated rings. The van der Waals surface area contributed by atoms with Gasteiger partial charge in [0.05, 0.1) is 5.52 Å². The number of hydrogen-bond acceptors (Lipinski definition) is 5. The average Bonchev–Trinajstić information content (AvgIpc) is 2.84. The van der Waals surface area contributed by atoms with Crippen LogP contribution in [-0.2, 0) is 6.54 Å². The fourth-order valence-corrected chi connectivity index (χ4v) is 4.45. The molecule has 5 rings (SSSR count). The van der Waals surface area contributed by atoms with Gasteiger partial charge in [-0.05, 0) is 53.8 Å². The molecule has 1 aromatic heterocycles. The van der Waals surface area contributed by atoms with Crippen LogP contribution in [0.4, 0.5) is 17.5 Å². The number of benzene rings is 3. The molecule has 0 aliphatic heterocycles. The zero-order valence-electron chi connectivity index (χ0n) is 18.2. The monoisotopic (exact) mass is 423 g/mol. The Bertz CT molecular complexity index is 1180. The smallest absolute Gasteiger partial charge is 0.222 e. The number of para-hydroxylation sites is 1. The van der Waals surface area contributed by atoms with Crippen LogP contribution in [0.5, 0.6) is 0 Å². The molecule has 0 bridgehead atoms. The first-order chi connectivity index (χ1) is 15.7. The molecule has 162 valence electrons. The van der Waals surface area contributed by atoms with Crippen LogP contribution < -0.4 is 16.4 Å². The molecule has 5 heteroatoms. The Kier molecular flexibility index (Phi) is 5.88. The van der Waals surface area contributed by atoms with Crippen molar-refractivity contribution >= 4 is 28.4 Å². The molecule has 1 aliphatic rings. The summed E-state index contributed by atoms with van der Waals surface area (Å²) >= 11 is 0. The Hall–Kier alpha value is -3.60. The van der Waals surface area contributed by atoms with Gasteiger partial charge in [0.25, 0.3) is 0 Å². The Morgan fingerprint density at radius 3 is 2.34 bits per heavy atom. The van der Waals surface area contributed by atoms with Crippen molar-refractivity contribution in [3.63, 3.8) is 0 Å². The van der Waals surface area contributed by atoms with E-state index in [0.717, 1.165) is 34.5 Å².